The molecule has 0 bridgehead atoms. The molecule has 0 fully saturated rings. The molecule has 0 unspecified atom stereocenters. The van der Waals surface area contributed by atoms with E-state index in [1.165, 1.54) is 87.0 Å². The third-order valence-electron chi connectivity index (χ3n) is 13.3. The lowest BCUT2D eigenvalue weighted by molar-refractivity contribution is 1.27. The molecule has 0 radical (unpaired) electrons. The summed E-state index contributed by atoms with van der Waals surface area (Å²) in [4.78, 5) is 4.85. The SMILES string of the molecule is c1ccc(N(c2ccccc2)c2cccc3c4cccc5c6c7c8cccc9c%10c%11ccccc%11cc(N(c%11ccccc%11)c%11ccccc%11)c%10n(c7ccc6n(c23)c45)c89)cc1. The van der Waals surface area contributed by atoms with Gasteiger partial charge in [-0.2, -0.15) is 0 Å². The van der Waals surface area contributed by atoms with E-state index in [4.69, 9.17) is 0 Å². The Balaban J connectivity index is 1.15. The van der Waals surface area contributed by atoms with Crippen molar-refractivity contribution in [3.8, 4) is 0 Å². The van der Waals surface area contributed by atoms with Gasteiger partial charge in [-0.3, -0.25) is 0 Å². The zero-order valence-corrected chi connectivity index (χ0v) is 33.6. The van der Waals surface area contributed by atoms with Crippen LogP contribution in [-0.4, -0.2) is 8.80 Å². The highest BCUT2D eigenvalue weighted by atomic mass is 15.2. The molecule has 288 valence electrons. The molecule has 4 aromatic heterocycles. The van der Waals surface area contributed by atoms with E-state index < -0.39 is 0 Å². The van der Waals surface area contributed by atoms with Crippen LogP contribution in [0.3, 0.4) is 0 Å². The Morgan fingerprint density at radius 2 is 0.645 bits per heavy atom. The summed E-state index contributed by atoms with van der Waals surface area (Å²) in [6.07, 6.45) is 0. The summed E-state index contributed by atoms with van der Waals surface area (Å²) in [6, 6.07) is 79.8. The van der Waals surface area contributed by atoms with Crippen molar-refractivity contribution in [1.82, 2.24) is 8.80 Å². The van der Waals surface area contributed by atoms with Crippen molar-refractivity contribution in [2.45, 2.75) is 0 Å². The van der Waals surface area contributed by atoms with E-state index in [0.717, 1.165) is 34.1 Å². The molecule has 0 N–H and O–H groups in total. The lowest BCUT2D eigenvalue weighted by Crippen LogP contribution is -2.11. The van der Waals surface area contributed by atoms with Gasteiger partial charge in [0.1, 0.15) is 0 Å². The van der Waals surface area contributed by atoms with Crippen molar-refractivity contribution >= 4 is 121 Å². The molecular weight excluding hydrogens is 753 g/mol. The van der Waals surface area contributed by atoms with Crippen molar-refractivity contribution in [3.63, 3.8) is 0 Å². The summed E-state index contributed by atoms with van der Waals surface area (Å²) < 4.78 is 5.14. The molecular formula is C58H36N4. The molecule has 0 atom stereocenters. The monoisotopic (exact) mass is 788 g/mol. The van der Waals surface area contributed by atoms with Crippen molar-refractivity contribution in [2.24, 2.45) is 0 Å². The third-order valence-corrected chi connectivity index (χ3v) is 13.3. The number of rotatable bonds is 6. The van der Waals surface area contributed by atoms with Crippen LogP contribution in [0.2, 0.25) is 0 Å². The van der Waals surface area contributed by atoms with Crippen molar-refractivity contribution < 1.29 is 0 Å². The average molecular weight is 789 g/mol. The number of hydrogen-bond acceptors (Lipinski definition) is 2. The van der Waals surface area contributed by atoms with Crippen LogP contribution in [-0.2, 0) is 0 Å². The first kappa shape index (κ1) is 33.5. The van der Waals surface area contributed by atoms with Gasteiger partial charge in [0, 0.05) is 65.8 Å². The Bertz CT molecular complexity index is 3940. The Labute approximate surface area is 356 Å². The van der Waals surface area contributed by atoms with Gasteiger partial charge in [-0.05, 0) is 83.6 Å². The van der Waals surface area contributed by atoms with Gasteiger partial charge in [0.2, 0.25) is 0 Å². The Morgan fingerprint density at radius 1 is 0.258 bits per heavy atom. The van der Waals surface area contributed by atoms with E-state index in [9.17, 15) is 0 Å². The van der Waals surface area contributed by atoms with Crippen molar-refractivity contribution in [3.05, 3.63) is 218 Å². The molecule has 14 rings (SSSR count). The number of nitrogens with zero attached hydrogens (tertiary/aromatic N) is 4. The third kappa shape index (κ3) is 4.40. The summed E-state index contributed by atoms with van der Waals surface area (Å²) in [7, 11) is 0. The fourth-order valence-electron chi connectivity index (χ4n) is 10.9. The minimum Gasteiger partial charge on any atom is -0.308 e. The van der Waals surface area contributed by atoms with Gasteiger partial charge in [-0.15, -0.1) is 0 Å². The van der Waals surface area contributed by atoms with Crippen LogP contribution < -0.4 is 9.80 Å². The van der Waals surface area contributed by atoms with Crippen LogP contribution in [0.1, 0.15) is 0 Å². The maximum Gasteiger partial charge on any atom is 0.0789 e. The van der Waals surface area contributed by atoms with E-state index in [-0.39, 0.29) is 0 Å². The van der Waals surface area contributed by atoms with Gasteiger partial charge in [0.25, 0.3) is 0 Å². The van der Waals surface area contributed by atoms with Gasteiger partial charge >= 0.3 is 0 Å². The Kier molecular flexibility index (Phi) is 6.80. The van der Waals surface area contributed by atoms with Gasteiger partial charge in [0.05, 0.1) is 44.5 Å². The lowest BCUT2D eigenvalue weighted by Gasteiger charge is -2.27. The quantitative estimate of drug-likeness (QED) is 0.167. The summed E-state index contributed by atoms with van der Waals surface area (Å²) in [5, 5.41) is 12.7. The molecule has 0 amide bonds. The molecule has 4 heteroatoms. The fourth-order valence-corrected chi connectivity index (χ4v) is 10.9. The highest BCUT2D eigenvalue weighted by Gasteiger charge is 2.29. The van der Waals surface area contributed by atoms with Crippen molar-refractivity contribution in [1.29, 1.82) is 0 Å². The Hall–Kier alpha value is -8.34. The predicted octanol–water partition coefficient (Wildman–Crippen LogP) is 16.1. The predicted molar refractivity (Wildman–Crippen MR) is 263 cm³/mol. The highest BCUT2D eigenvalue weighted by molar-refractivity contribution is 6.38. The normalized spacial score (nSPS) is 12.2. The topological polar surface area (TPSA) is 15.3 Å². The second-order valence-corrected chi connectivity index (χ2v) is 16.5. The maximum absolute atomic E-state index is 2.58. The molecule has 4 nitrogen and oxygen atoms in total. The van der Waals surface area contributed by atoms with E-state index in [1.54, 1.807) is 0 Å². The second kappa shape index (κ2) is 12.6. The molecule has 0 aliphatic rings. The van der Waals surface area contributed by atoms with Crippen molar-refractivity contribution in [2.75, 3.05) is 9.80 Å². The summed E-state index contributed by atoms with van der Waals surface area (Å²) >= 11 is 0. The van der Waals surface area contributed by atoms with Crippen LogP contribution in [0.25, 0.3) is 87.0 Å². The summed E-state index contributed by atoms with van der Waals surface area (Å²) in [6.45, 7) is 0. The summed E-state index contributed by atoms with van der Waals surface area (Å²) in [5.74, 6) is 0. The standard InChI is InChI=1S/C58H36N4/c1-5-19-38(20-6-1)59(39-21-7-2-8-22-39)50-33-17-29-44-43-28-15-31-46-53-48(61(55(43)46)57(44)50)34-35-49-54(53)47-32-16-30-45-52-42-27-14-13-18-37(42)36-51(58(52)62(49)56(45)47)60(40-23-9-3-10-24-40)41-25-11-4-12-26-41/h1-36H. The first-order valence-electron chi connectivity index (χ1n) is 21.4. The average Bonchev–Trinajstić information content (AvgIpc) is 4.08. The smallest absolute Gasteiger partial charge is 0.0789 e. The first-order chi connectivity index (χ1) is 30.8. The van der Waals surface area contributed by atoms with Crippen LogP contribution >= 0.6 is 0 Å². The molecule has 0 saturated carbocycles. The number of hydrogen-bond donors (Lipinski definition) is 0. The number of benzene rings is 10. The second-order valence-electron chi connectivity index (χ2n) is 16.5. The molecule has 4 heterocycles. The largest absolute Gasteiger partial charge is 0.308 e. The van der Waals surface area contributed by atoms with Crippen LogP contribution in [0, 0.1) is 0 Å². The molecule has 62 heavy (non-hydrogen) atoms. The number of aromatic nitrogens is 2. The lowest BCUT2D eigenvalue weighted by atomic mass is 9.99. The minimum atomic E-state index is 1.12. The fraction of sp³-hybridized carbons (Fsp3) is 0. The van der Waals surface area contributed by atoms with Gasteiger partial charge in [0.15, 0.2) is 0 Å². The maximum atomic E-state index is 2.58. The van der Waals surface area contributed by atoms with Gasteiger partial charge in [-0.25, -0.2) is 0 Å². The first-order valence-corrected chi connectivity index (χ1v) is 21.4. The van der Waals surface area contributed by atoms with Crippen LogP contribution in [0.5, 0.6) is 0 Å². The van der Waals surface area contributed by atoms with Crippen LogP contribution in [0.4, 0.5) is 34.1 Å². The van der Waals surface area contributed by atoms with E-state index in [1.807, 2.05) is 0 Å². The zero-order valence-electron chi connectivity index (χ0n) is 33.6. The summed E-state index contributed by atoms with van der Waals surface area (Å²) in [5.41, 5.74) is 14.2. The van der Waals surface area contributed by atoms with E-state index in [0.29, 0.717) is 0 Å². The van der Waals surface area contributed by atoms with Gasteiger partial charge in [-0.1, -0.05) is 146 Å². The zero-order chi connectivity index (χ0) is 40.5. The number of para-hydroxylation sites is 7. The molecule has 0 aliphatic carbocycles. The number of anilines is 6. The van der Waals surface area contributed by atoms with Gasteiger partial charge < -0.3 is 18.6 Å². The molecule has 10 aromatic carbocycles. The molecule has 0 spiro atoms. The molecule has 14 aromatic rings. The molecule has 0 aliphatic heterocycles. The Morgan fingerprint density at radius 3 is 1.19 bits per heavy atom. The number of fused-ring (bicyclic) bond motifs is 15. The van der Waals surface area contributed by atoms with Crippen LogP contribution in [0.15, 0.2) is 218 Å². The highest BCUT2D eigenvalue weighted by Crippen LogP contribution is 2.52. The van der Waals surface area contributed by atoms with E-state index in [2.05, 4.69) is 237 Å². The van der Waals surface area contributed by atoms with E-state index >= 15 is 0 Å². The minimum absolute atomic E-state index is 1.12. The molecule has 0 saturated heterocycles.